The Labute approximate surface area is 146 Å². The number of hydrogen-bond acceptors (Lipinski definition) is 4. The lowest BCUT2D eigenvalue weighted by molar-refractivity contribution is -0.119. The topological polar surface area (TPSA) is 86.4 Å². The van der Waals surface area contributed by atoms with Crippen molar-refractivity contribution in [3.8, 4) is 6.07 Å². The van der Waals surface area contributed by atoms with Gasteiger partial charge >= 0.3 is 0 Å². The van der Waals surface area contributed by atoms with Gasteiger partial charge in [0.15, 0.2) is 0 Å². The maximum atomic E-state index is 12.5. The Morgan fingerprint density at radius 3 is 2.84 bits per heavy atom. The molecule has 1 saturated carbocycles. The Morgan fingerprint density at radius 1 is 1.28 bits per heavy atom. The van der Waals surface area contributed by atoms with Gasteiger partial charge in [-0.3, -0.25) is 14.0 Å². The largest absolute Gasteiger partial charge is 0.372 e. The molecule has 6 heteroatoms. The number of amides is 1. The van der Waals surface area contributed by atoms with E-state index in [1.165, 1.54) is 42.6 Å². The van der Waals surface area contributed by atoms with Crippen LogP contribution >= 0.6 is 0 Å². The molecule has 3 rings (SSSR count). The van der Waals surface area contributed by atoms with Gasteiger partial charge in [-0.1, -0.05) is 25.3 Å². The number of aromatic nitrogens is 1. The lowest BCUT2D eigenvalue weighted by Gasteiger charge is -2.21. The Hall–Kier alpha value is -2.81. The van der Waals surface area contributed by atoms with Crippen molar-refractivity contribution in [2.75, 3.05) is 18.4 Å². The molecule has 0 atom stereocenters. The molecule has 0 bridgehead atoms. The van der Waals surface area contributed by atoms with Gasteiger partial charge in [-0.25, -0.2) is 0 Å². The van der Waals surface area contributed by atoms with Crippen LogP contribution in [0.25, 0.3) is 5.52 Å². The highest BCUT2D eigenvalue weighted by Gasteiger charge is 2.15. The van der Waals surface area contributed by atoms with E-state index in [1.807, 2.05) is 0 Å². The Kier molecular flexibility index (Phi) is 5.34. The van der Waals surface area contributed by atoms with Crippen LogP contribution in [0.2, 0.25) is 0 Å². The van der Waals surface area contributed by atoms with Gasteiger partial charge in [0.05, 0.1) is 17.6 Å². The first kappa shape index (κ1) is 17.0. The monoisotopic (exact) mass is 338 g/mol. The van der Waals surface area contributed by atoms with Gasteiger partial charge in [0.2, 0.25) is 5.91 Å². The van der Waals surface area contributed by atoms with Crippen molar-refractivity contribution < 1.29 is 4.79 Å². The Morgan fingerprint density at radius 2 is 2.08 bits per heavy atom. The summed E-state index contributed by atoms with van der Waals surface area (Å²) in [7, 11) is 0. The molecule has 2 aromatic rings. The van der Waals surface area contributed by atoms with Crippen molar-refractivity contribution in [3.63, 3.8) is 0 Å². The fourth-order valence-corrected chi connectivity index (χ4v) is 3.35. The van der Waals surface area contributed by atoms with Crippen LogP contribution < -0.4 is 16.2 Å². The molecule has 2 aromatic heterocycles. The smallest absolute Gasteiger partial charge is 0.278 e. The minimum absolute atomic E-state index is 0.0196. The quantitative estimate of drug-likeness (QED) is 0.876. The molecule has 0 aliphatic heterocycles. The minimum Gasteiger partial charge on any atom is -0.372 e. The molecule has 0 aromatic carbocycles. The second-order valence-corrected chi connectivity index (χ2v) is 6.51. The minimum atomic E-state index is -0.269. The zero-order chi connectivity index (χ0) is 17.6. The van der Waals surface area contributed by atoms with E-state index in [0.29, 0.717) is 23.5 Å². The molecular weight excluding hydrogens is 316 g/mol. The van der Waals surface area contributed by atoms with Crippen LogP contribution in [0.15, 0.2) is 35.3 Å². The van der Waals surface area contributed by atoms with Crippen LogP contribution in [0.4, 0.5) is 5.69 Å². The summed E-state index contributed by atoms with van der Waals surface area (Å²) in [5.74, 6) is 0.427. The van der Waals surface area contributed by atoms with Crippen molar-refractivity contribution in [1.29, 1.82) is 5.26 Å². The number of anilines is 1. The second kappa shape index (κ2) is 7.84. The van der Waals surface area contributed by atoms with Gasteiger partial charge < -0.3 is 10.6 Å². The first-order valence-corrected chi connectivity index (χ1v) is 8.74. The van der Waals surface area contributed by atoms with E-state index in [4.69, 9.17) is 0 Å². The molecule has 25 heavy (non-hydrogen) atoms. The number of hydrogen-bond donors (Lipinski definition) is 2. The molecule has 1 aliphatic rings. The van der Waals surface area contributed by atoms with Crippen LogP contribution in [0.3, 0.4) is 0 Å². The van der Waals surface area contributed by atoms with Gasteiger partial charge in [-0.05, 0) is 37.0 Å². The molecule has 1 amide bonds. The second-order valence-electron chi connectivity index (χ2n) is 6.51. The third-order valence-corrected chi connectivity index (χ3v) is 4.75. The maximum absolute atomic E-state index is 12.5. The molecular formula is C19H22N4O2. The fraction of sp³-hybridized carbons (Fsp3) is 0.421. The average Bonchev–Trinajstić information content (AvgIpc) is 2.67. The summed E-state index contributed by atoms with van der Waals surface area (Å²) in [6.07, 6.45) is 7.73. The molecule has 1 fully saturated rings. The van der Waals surface area contributed by atoms with Gasteiger partial charge in [0.1, 0.15) is 11.8 Å². The van der Waals surface area contributed by atoms with Crippen LogP contribution in [0.1, 0.15) is 37.7 Å². The first-order valence-electron chi connectivity index (χ1n) is 8.74. The summed E-state index contributed by atoms with van der Waals surface area (Å²) in [5, 5.41) is 15.1. The maximum Gasteiger partial charge on any atom is 0.278 e. The van der Waals surface area contributed by atoms with Crippen molar-refractivity contribution in [3.05, 3.63) is 46.4 Å². The molecule has 0 spiro atoms. The third-order valence-electron chi connectivity index (χ3n) is 4.75. The van der Waals surface area contributed by atoms with E-state index in [-0.39, 0.29) is 23.7 Å². The van der Waals surface area contributed by atoms with Crippen molar-refractivity contribution in [1.82, 2.24) is 9.72 Å². The standard InChI is InChI=1S/C19H22N4O2/c20-11-15-10-16(19(25)23-9-5-4-8-17(15)23)21-13-18(24)22-12-14-6-2-1-3-7-14/h4-5,8-10,14,21H,1-3,6-7,12-13H2,(H,22,24). The summed E-state index contributed by atoms with van der Waals surface area (Å²) in [6.45, 7) is 0.715. The molecule has 0 unspecified atom stereocenters. The van der Waals surface area contributed by atoms with Crippen molar-refractivity contribution in [2.45, 2.75) is 32.1 Å². The summed E-state index contributed by atoms with van der Waals surface area (Å²) < 4.78 is 1.42. The van der Waals surface area contributed by atoms with E-state index in [1.54, 1.807) is 24.4 Å². The molecule has 130 valence electrons. The van der Waals surface area contributed by atoms with Gasteiger partial charge in [0, 0.05) is 12.7 Å². The van der Waals surface area contributed by atoms with E-state index >= 15 is 0 Å². The molecule has 1 aliphatic carbocycles. The molecule has 6 nitrogen and oxygen atoms in total. The van der Waals surface area contributed by atoms with Crippen molar-refractivity contribution >= 4 is 17.1 Å². The van der Waals surface area contributed by atoms with Crippen molar-refractivity contribution in [2.24, 2.45) is 5.92 Å². The highest BCUT2D eigenvalue weighted by atomic mass is 16.2. The normalized spacial score (nSPS) is 14.8. The van der Waals surface area contributed by atoms with Crippen LogP contribution in [-0.4, -0.2) is 23.4 Å². The van der Waals surface area contributed by atoms with Gasteiger partial charge in [0.25, 0.3) is 5.56 Å². The third kappa shape index (κ3) is 4.00. The zero-order valence-corrected chi connectivity index (χ0v) is 14.1. The van der Waals surface area contributed by atoms with Crippen LogP contribution in [0, 0.1) is 17.2 Å². The predicted molar refractivity (Wildman–Crippen MR) is 96.5 cm³/mol. The number of carbonyl (C=O) groups is 1. The van der Waals surface area contributed by atoms with E-state index < -0.39 is 0 Å². The van der Waals surface area contributed by atoms with Crippen LogP contribution in [0.5, 0.6) is 0 Å². The molecule has 2 heterocycles. The number of carbonyl (C=O) groups excluding carboxylic acids is 1. The Bertz CT molecular complexity index is 860. The van der Waals surface area contributed by atoms with Gasteiger partial charge in [-0.15, -0.1) is 0 Å². The lowest BCUT2D eigenvalue weighted by Crippen LogP contribution is -2.35. The fourth-order valence-electron chi connectivity index (χ4n) is 3.35. The number of nitrogens with one attached hydrogen (secondary N) is 2. The number of nitriles is 1. The number of rotatable bonds is 5. The Balaban J connectivity index is 1.64. The highest BCUT2D eigenvalue weighted by Crippen LogP contribution is 2.22. The summed E-state index contributed by atoms with van der Waals surface area (Å²) in [4.78, 5) is 24.5. The van der Waals surface area contributed by atoms with E-state index in [9.17, 15) is 14.9 Å². The lowest BCUT2D eigenvalue weighted by atomic mass is 9.89. The zero-order valence-electron chi connectivity index (χ0n) is 14.1. The summed E-state index contributed by atoms with van der Waals surface area (Å²) in [5.41, 5.74) is 0.940. The molecule has 2 N–H and O–H groups in total. The van der Waals surface area contributed by atoms with E-state index in [0.717, 1.165) is 0 Å². The molecule has 0 saturated heterocycles. The summed E-state index contributed by atoms with van der Waals surface area (Å²) >= 11 is 0. The number of nitrogens with zero attached hydrogens (tertiary/aromatic N) is 2. The van der Waals surface area contributed by atoms with E-state index in [2.05, 4.69) is 16.7 Å². The summed E-state index contributed by atoms with van der Waals surface area (Å²) in [6, 6.07) is 8.83. The number of pyridine rings is 2. The first-order chi connectivity index (χ1) is 12.2. The van der Waals surface area contributed by atoms with Gasteiger partial charge in [-0.2, -0.15) is 5.26 Å². The highest BCUT2D eigenvalue weighted by molar-refractivity contribution is 5.81. The molecule has 0 radical (unpaired) electrons. The predicted octanol–water partition coefficient (Wildman–Crippen LogP) is 2.28. The van der Waals surface area contributed by atoms with Crippen LogP contribution in [-0.2, 0) is 4.79 Å². The SMILES string of the molecule is N#Cc1cc(NCC(=O)NCC2CCCCC2)c(=O)n2ccccc12. The number of fused-ring (bicyclic) bond motifs is 1. The average molecular weight is 338 g/mol.